The zero-order valence-corrected chi connectivity index (χ0v) is 22.9. The Morgan fingerprint density at radius 2 is 1.31 bits per heavy atom. The van der Waals surface area contributed by atoms with Crippen LogP contribution in [0.5, 0.6) is 11.5 Å². The van der Waals surface area contributed by atoms with E-state index in [-0.39, 0.29) is 17.0 Å². The number of Topliss-reactive ketones (excluding diaryl/α,β-unsaturated/α-hetero) is 2. The summed E-state index contributed by atoms with van der Waals surface area (Å²) in [6, 6.07) is 4.06. The summed E-state index contributed by atoms with van der Waals surface area (Å²) in [7, 11) is 2.01. The number of hydrogen-bond acceptors (Lipinski definition) is 8. The Bertz CT molecular complexity index is 995. The number of ether oxygens (including phenoxy) is 5. The van der Waals surface area contributed by atoms with Crippen LogP contribution < -0.4 is 18.0 Å². The Balaban J connectivity index is 1.52. The Kier molecular flexibility index (Phi) is 8.90. The second-order valence-electron chi connectivity index (χ2n) is 9.41. The fraction of sp³-hybridized carbons (Fsp3) is 0.538. The van der Waals surface area contributed by atoms with E-state index in [9.17, 15) is 9.59 Å². The van der Waals surface area contributed by atoms with Gasteiger partial charge in [0.15, 0.2) is 0 Å². The molecule has 4 rings (SSSR count). The molecule has 2 aliphatic heterocycles. The van der Waals surface area contributed by atoms with Gasteiger partial charge in [0.1, 0.15) is 0 Å². The number of hydrogen-bond donors (Lipinski definition) is 0. The van der Waals surface area contributed by atoms with Crippen molar-refractivity contribution in [2.75, 3.05) is 64.8 Å². The number of ketones is 2. The number of fused-ring (bicyclic) bond motifs is 2. The summed E-state index contributed by atoms with van der Waals surface area (Å²) in [6.07, 6.45) is 4.47. The first-order valence-electron chi connectivity index (χ1n) is 11.9. The third kappa shape index (κ3) is 6.87. The third-order valence-electron chi connectivity index (χ3n) is 5.92. The first kappa shape index (κ1) is 26.2. The molecule has 2 heterocycles. The number of carbonyl (C=O) groups is 2. The van der Waals surface area contributed by atoms with E-state index in [4.69, 9.17) is 23.7 Å². The van der Waals surface area contributed by atoms with Crippen molar-refractivity contribution in [2.45, 2.75) is 26.7 Å². The molecule has 1 aliphatic carbocycles. The molecule has 9 heteroatoms. The average molecular weight is 599 g/mol. The van der Waals surface area contributed by atoms with E-state index < -0.39 is 20.9 Å². The van der Waals surface area contributed by atoms with Crippen LogP contribution >= 0.6 is 0 Å². The van der Waals surface area contributed by atoms with Gasteiger partial charge in [0.25, 0.3) is 0 Å². The van der Waals surface area contributed by atoms with Crippen LogP contribution in [0.1, 0.15) is 26.7 Å². The number of anilines is 1. The molecule has 190 valence electrons. The predicted octanol–water partition coefficient (Wildman–Crippen LogP) is 2.01. The molecule has 1 fully saturated rings. The first-order chi connectivity index (χ1) is 16.8. The molecule has 0 atom stereocenters. The van der Waals surface area contributed by atoms with Crippen molar-refractivity contribution < 1.29 is 33.3 Å². The minimum absolute atomic E-state index is 0.0658. The van der Waals surface area contributed by atoms with E-state index >= 15 is 0 Å². The molecular formula is C26H33NO7Te. The molecule has 8 nitrogen and oxygen atoms in total. The summed E-state index contributed by atoms with van der Waals surface area (Å²) in [5.74, 6) is 1.22. The fourth-order valence-electron chi connectivity index (χ4n) is 4.13. The zero-order valence-electron chi connectivity index (χ0n) is 20.6. The van der Waals surface area contributed by atoms with Crippen LogP contribution in [-0.2, 0) is 23.8 Å². The fourth-order valence-corrected chi connectivity index (χ4v) is 7.16. The van der Waals surface area contributed by atoms with Gasteiger partial charge in [-0.2, -0.15) is 0 Å². The molecule has 35 heavy (non-hydrogen) atoms. The predicted molar refractivity (Wildman–Crippen MR) is 133 cm³/mol. The molecule has 0 aromatic heterocycles. The molecule has 0 N–H and O–H groups in total. The van der Waals surface area contributed by atoms with Gasteiger partial charge in [-0.25, -0.2) is 0 Å². The molecule has 1 saturated carbocycles. The van der Waals surface area contributed by atoms with E-state index in [1.54, 1.807) is 6.08 Å². The average Bonchev–Trinajstić information content (AvgIpc) is 3.09. The number of carbonyl (C=O) groups excluding carboxylic acids is 2. The first-order valence-corrected chi connectivity index (χ1v) is 14.2. The van der Waals surface area contributed by atoms with Crippen LogP contribution in [0.2, 0.25) is 0 Å². The van der Waals surface area contributed by atoms with E-state index in [1.807, 2.05) is 33.0 Å². The molecule has 3 aliphatic rings. The van der Waals surface area contributed by atoms with Crippen LogP contribution in [0.15, 0.2) is 33.6 Å². The van der Waals surface area contributed by atoms with Crippen molar-refractivity contribution in [1.82, 2.24) is 0 Å². The molecule has 0 spiro atoms. The van der Waals surface area contributed by atoms with Gasteiger partial charge in [0, 0.05) is 0 Å². The molecular weight excluding hydrogens is 566 g/mol. The zero-order chi connectivity index (χ0) is 24.8. The van der Waals surface area contributed by atoms with Crippen molar-refractivity contribution in [1.29, 1.82) is 0 Å². The van der Waals surface area contributed by atoms with Crippen LogP contribution in [0.3, 0.4) is 0 Å². The van der Waals surface area contributed by atoms with Gasteiger partial charge in [-0.15, -0.1) is 0 Å². The normalized spacial score (nSPS) is 23.0. The van der Waals surface area contributed by atoms with Crippen molar-refractivity contribution in [3.8, 4) is 11.5 Å². The summed E-state index contributed by atoms with van der Waals surface area (Å²) in [4.78, 5) is 27.2. The monoisotopic (exact) mass is 601 g/mol. The Hall–Kier alpha value is -1.89. The van der Waals surface area contributed by atoms with Gasteiger partial charge >= 0.3 is 217 Å². The van der Waals surface area contributed by atoms with Crippen LogP contribution in [-0.4, -0.2) is 92.4 Å². The molecule has 0 amide bonds. The quantitative estimate of drug-likeness (QED) is 0.276. The number of rotatable bonds is 1. The maximum absolute atomic E-state index is 12.5. The van der Waals surface area contributed by atoms with Gasteiger partial charge < -0.3 is 0 Å². The molecule has 0 unspecified atom stereocenters. The van der Waals surface area contributed by atoms with Crippen molar-refractivity contribution in [2.24, 2.45) is 5.41 Å². The van der Waals surface area contributed by atoms with Crippen LogP contribution in [0.25, 0.3) is 0 Å². The molecule has 0 bridgehead atoms. The van der Waals surface area contributed by atoms with Gasteiger partial charge in [-0.3, -0.25) is 0 Å². The van der Waals surface area contributed by atoms with Gasteiger partial charge in [-0.1, -0.05) is 0 Å². The van der Waals surface area contributed by atoms with Crippen molar-refractivity contribution >= 4 is 41.8 Å². The van der Waals surface area contributed by atoms with Crippen molar-refractivity contribution in [3.63, 3.8) is 0 Å². The van der Waals surface area contributed by atoms with E-state index in [0.29, 0.717) is 82.8 Å². The molecule has 0 radical (unpaired) electrons. The van der Waals surface area contributed by atoms with Gasteiger partial charge in [0.2, 0.25) is 0 Å². The summed E-state index contributed by atoms with van der Waals surface area (Å²) >= 11 is -0.730. The number of nitrogens with zero attached hydrogens (tertiary/aromatic N) is 1. The Morgan fingerprint density at radius 3 is 1.89 bits per heavy atom. The topological polar surface area (TPSA) is 83.5 Å². The summed E-state index contributed by atoms with van der Waals surface area (Å²) in [5, 5.41) is 0. The van der Waals surface area contributed by atoms with Gasteiger partial charge in [-0.05, 0) is 0 Å². The summed E-state index contributed by atoms with van der Waals surface area (Å²) < 4.78 is 31.0. The van der Waals surface area contributed by atoms with E-state index in [2.05, 4.69) is 11.0 Å². The summed E-state index contributed by atoms with van der Waals surface area (Å²) in [5.41, 5.74) is 1.12. The minimum atomic E-state index is -0.730. The number of allylic oxidation sites excluding steroid dienone is 3. The number of benzene rings is 1. The van der Waals surface area contributed by atoms with Crippen LogP contribution in [0, 0.1) is 5.41 Å². The van der Waals surface area contributed by atoms with E-state index in [1.165, 1.54) is 3.61 Å². The second-order valence-corrected chi connectivity index (χ2v) is 12.4. The van der Waals surface area contributed by atoms with E-state index in [0.717, 1.165) is 9.43 Å². The maximum atomic E-state index is 12.5. The SMILES string of the molecule is CN1/C(=C/C=C2C(=O)CC(C)(C)CC2=O)[Te]c2cc3c(cc21)OCCOCCOCCOCCO3. The third-order valence-corrected chi connectivity index (χ3v) is 9.25. The second kappa shape index (κ2) is 11.9. The molecule has 0 saturated heterocycles. The van der Waals surface area contributed by atoms with Gasteiger partial charge in [0.05, 0.1) is 0 Å². The Labute approximate surface area is 216 Å². The standard InChI is InChI=1S/C26H33NO7Te/c1-26(2)16-20(28)18(21(29)17-26)4-5-25-27(3)19-14-22-23(15-24(19)35-25)34-13-11-32-9-7-30-6-8-31-10-12-33-22/h4-5,14-15H,6-13,16-17H2,1-3H3/b25-5-. The Morgan fingerprint density at radius 1 is 0.800 bits per heavy atom. The molecule has 1 aromatic rings. The molecule has 1 aromatic carbocycles. The van der Waals surface area contributed by atoms with Crippen LogP contribution in [0.4, 0.5) is 5.69 Å². The summed E-state index contributed by atoms with van der Waals surface area (Å²) in [6.45, 7) is 7.75. The van der Waals surface area contributed by atoms with Crippen molar-refractivity contribution in [3.05, 3.63) is 33.6 Å².